The molecule has 2 rings (SSSR count). The minimum absolute atomic E-state index is 0.972. The van der Waals surface area contributed by atoms with Gasteiger partial charge in [0, 0.05) is 0 Å². The van der Waals surface area contributed by atoms with Gasteiger partial charge in [0.15, 0.2) is 0 Å². The fourth-order valence-corrected chi connectivity index (χ4v) is 1.09. The SMILES string of the molecule is Cc1bc2cccnc2[nH]1. The van der Waals surface area contributed by atoms with Crippen LogP contribution in [-0.2, 0) is 0 Å². The van der Waals surface area contributed by atoms with Gasteiger partial charge in [-0.1, -0.05) is 0 Å². The molecule has 2 heterocycles. The Morgan fingerprint density at radius 2 is 2.50 bits per heavy atom. The molecule has 48 valence electrons. The van der Waals surface area contributed by atoms with E-state index in [1.165, 1.54) is 5.28 Å². The molecule has 0 amide bonds. The molecule has 0 saturated heterocycles. The molecule has 0 fully saturated rings. The second-order valence-electron chi connectivity index (χ2n) is 2.39. The summed E-state index contributed by atoms with van der Waals surface area (Å²) < 4.78 is 0. The van der Waals surface area contributed by atoms with Crippen molar-refractivity contribution in [2.75, 3.05) is 0 Å². The van der Waals surface area contributed by atoms with E-state index in [-0.39, 0.29) is 0 Å². The van der Waals surface area contributed by atoms with Crippen molar-refractivity contribution < 1.29 is 0 Å². The third kappa shape index (κ3) is 0.745. The van der Waals surface area contributed by atoms with Crippen molar-refractivity contribution in [3.8, 4) is 0 Å². The molecule has 0 aliphatic rings. The van der Waals surface area contributed by atoms with Gasteiger partial charge in [0.05, 0.1) is 0 Å². The zero-order valence-electron chi connectivity index (χ0n) is 5.76. The van der Waals surface area contributed by atoms with Gasteiger partial charge >= 0.3 is 58.6 Å². The molecule has 0 saturated carbocycles. The summed E-state index contributed by atoms with van der Waals surface area (Å²) in [5.74, 6) is 0. The summed E-state index contributed by atoms with van der Waals surface area (Å²) in [6.45, 7) is 4.12. The van der Waals surface area contributed by atoms with E-state index < -0.39 is 0 Å². The van der Waals surface area contributed by atoms with Gasteiger partial charge in [-0.3, -0.25) is 0 Å². The van der Waals surface area contributed by atoms with Crippen molar-refractivity contribution in [2.24, 2.45) is 0 Å². The molecule has 0 radical (unpaired) electrons. The Kier molecular flexibility index (Phi) is 1.10. The van der Waals surface area contributed by atoms with Crippen molar-refractivity contribution in [3.63, 3.8) is 0 Å². The summed E-state index contributed by atoms with van der Waals surface area (Å²) >= 11 is 0. The molecule has 2 aromatic heterocycles. The first-order valence-electron chi connectivity index (χ1n) is 3.26. The summed E-state index contributed by atoms with van der Waals surface area (Å²) in [6.07, 6.45) is 1.79. The Hall–Kier alpha value is -1.12. The van der Waals surface area contributed by atoms with Crippen LogP contribution in [0, 0.1) is 6.92 Å². The molecule has 0 bridgehead atoms. The molecule has 0 aromatic carbocycles. The third-order valence-electron chi connectivity index (χ3n) is 1.53. The Bertz CT molecular complexity index is 320. The molecule has 0 spiro atoms. The first kappa shape index (κ1) is 5.65. The number of aryl methyl sites for hydroxylation is 1. The van der Waals surface area contributed by atoms with Crippen molar-refractivity contribution in [1.82, 2.24) is 9.97 Å². The maximum atomic E-state index is 4.15. The summed E-state index contributed by atoms with van der Waals surface area (Å²) in [7, 11) is 0. The van der Waals surface area contributed by atoms with Gasteiger partial charge in [0.25, 0.3) is 0 Å². The van der Waals surface area contributed by atoms with E-state index in [1.807, 2.05) is 19.1 Å². The van der Waals surface area contributed by atoms with Crippen LogP contribution in [0.1, 0.15) is 5.59 Å². The van der Waals surface area contributed by atoms with Crippen LogP contribution in [0.4, 0.5) is 0 Å². The Balaban J connectivity index is 2.88. The summed E-state index contributed by atoms with van der Waals surface area (Å²) in [5, 5.41) is 1.18. The van der Waals surface area contributed by atoms with Crippen molar-refractivity contribution in [1.29, 1.82) is 0 Å². The fourth-order valence-electron chi connectivity index (χ4n) is 1.09. The number of hydrogen-bond acceptors (Lipinski definition) is 1. The zero-order chi connectivity index (χ0) is 6.97. The van der Waals surface area contributed by atoms with Gasteiger partial charge in [-0.25, -0.2) is 0 Å². The monoisotopic (exact) mass is 130 g/mol. The number of rotatable bonds is 0. The second kappa shape index (κ2) is 1.94. The molecule has 0 aliphatic carbocycles. The average molecular weight is 130 g/mol. The van der Waals surface area contributed by atoms with Crippen molar-refractivity contribution >= 4 is 17.8 Å². The Labute approximate surface area is 59.5 Å². The predicted molar refractivity (Wildman–Crippen MR) is 42.2 cm³/mol. The third-order valence-corrected chi connectivity index (χ3v) is 1.53. The van der Waals surface area contributed by atoms with E-state index in [0.29, 0.717) is 0 Å². The average Bonchev–Trinajstić information content (AvgIpc) is 2.27. The fraction of sp³-hybridized carbons (Fsp3) is 0.143. The molecular formula is C7H7BN2. The summed E-state index contributed by atoms with van der Waals surface area (Å²) in [5.41, 5.74) is 2.13. The van der Waals surface area contributed by atoms with E-state index in [1.54, 1.807) is 6.20 Å². The standard InChI is InChI=1S/C7H7BN2/c1-5-8-6-3-2-4-9-7(6)10-5/h2-4H,1H3,(H,9,10). The van der Waals surface area contributed by atoms with E-state index in [0.717, 1.165) is 11.2 Å². The van der Waals surface area contributed by atoms with Gasteiger partial charge in [0.1, 0.15) is 0 Å². The molecule has 10 heavy (non-hydrogen) atoms. The number of nitrogens with one attached hydrogen (secondary N) is 1. The number of aromatic amines is 1. The number of pyridine rings is 1. The zero-order valence-corrected chi connectivity index (χ0v) is 5.76. The number of hydrogen-bond donors (Lipinski definition) is 1. The number of aromatic nitrogens is 2. The van der Waals surface area contributed by atoms with Crippen LogP contribution in [0.25, 0.3) is 10.9 Å². The molecular weight excluding hydrogens is 123 g/mol. The van der Waals surface area contributed by atoms with E-state index in [9.17, 15) is 0 Å². The van der Waals surface area contributed by atoms with Crippen molar-refractivity contribution in [3.05, 3.63) is 23.9 Å². The normalized spacial score (nSPS) is 10.1. The first-order valence-corrected chi connectivity index (χ1v) is 3.26. The molecule has 3 heteroatoms. The summed E-state index contributed by atoms with van der Waals surface area (Å²) in [4.78, 5) is 7.29. The van der Waals surface area contributed by atoms with Gasteiger partial charge < -0.3 is 0 Å². The van der Waals surface area contributed by atoms with Crippen molar-refractivity contribution in [2.45, 2.75) is 6.92 Å². The minimum atomic E-state index is 0.972. The van der Waals surface area contributed by atoms with Crippen LogP contribution in [0.2, 0.25) is 0 Å². The van der Waals surface area contributed by atoms with E-state index in [2.05, 4.69) is 16.9 Å². The molecule has 0 unspecified atom stereocenters. The van der Waals surface area contributed by atoms with Gasteiger partial charge in [0.2, 0.25) is 0 Å². The molecule has 0 aliphatic heterocycles. The first-order chi connectivity index (χ1) is 4.86. The molecule has 2 aromatic rings. The van der Waals surface area contributed by atoms with Gasteiger partial charge in [-0.05, 0) is 0 Å². The van der Waals surface area contributed by atoms with Gasteiger partial charge in [-0.2, -0.15) is 0 Å². The molecule has 1 N–H and O–H groups in total. The molecule has 2 nitrogen and oxygen atoms in total. The van der Waals surface area contributed by atoms with Crippen LogP contribution in [0.5, 0.6) is 0 Å². The Morgan fingerprint density at radius 3 is 3.30 bits per heavy atom. The van der Waals surface area contributed by atoms with E-state index >= 15 is 0 Å². The van der Waals surface area contributed by atoms with Crippen LogP contribution in [-0.4, -0.2) is 16.9 Å². The maximum absolute atomic E-state index is 4.15. The predicted octanol–water partition coefficient (Wildman–Crippen LogP) is 1.21. The Morgan fingerprint density at radius 1 is 1.60 bits per heavy atom. The molecule has 0 atom stereocenters. The number of H-pyrrole nitrogens is 1. The van der Waals surface area contributed by atoms with E-state index in [4.69, 9.17) is 0 Å². The van der Waals surface area contributed by atoms with Crippen LogP contribution >= 0.6 is 0 Å². The van der Waals surface area contributed by atoms with Crippen LogP contribution < -0.4 is 0 Å². The topological polar surface area (TPSA) is 28.7 Å². The van der Waals surface area contributed by atoms with Crippen LogP contribution in [0.15, 0.2) is 18.3 Å². The van der Waals surface area contributed by atoms with Gasteiger partial charge in [-0.15, -0.1) is 0 Å². The summed E-state index contributed by atoms with van der Waals surface area (Å²) in [6, 6.07) is 3.99. The second-order valence-corrected chi connectivity index (χ2v) is 2.39. The number of nitrogens with zero attached hydrogens (tertiary/aromatic N) is 1. The van der Waals surface area contributed by atoms with Crippen LogP contribution in [0.3, 0.4) is 0 Å². The number of fused-ring (bicyclic) bond motifs is 1. The quantitative estimate of drug-likeness (QED) is 0.570.